The molecule has 0 amide bonds. The molecule has 1 aliphatic rings. The monoisotopic (exact) mass is 326 g/mol. The molecule has 0 heterocycles. The van der Waals surface area contributed by atoms with Gasteiger partial charge < -0.3 is 10.2 Å². The number of aliphatic hydroxyl groups excluding tert-OH is 2. The van der Waals surface area contributed by atoms with E-state index in [0.29, 0.717) is 5.92 Å². The van der Waals surface area contributed by atoms with Crippen LogP contribution in [-0.4, -0.2) is 22.4 Å². The van der Waals surface area contributed by atoms with Crippen molar-refractivity contribution in [2.45, 2.75) is 128 Å². The lowest BCUT2D eigenvalue weighted by atomic mass is 9.81. The van der Waals surface area contributed by atoms with Crippen molar-refractivity contribution in [1.82, 2.24) is 0 Å². The average molecular weight is 327 g/mol. The Morgan fingerprint density at radius 2 is 1.13 bits per heavy atom. The highest BCUT2D eigenvalue weighted by Crippen LogP contribution is 2.29. The van der Waals surface area contributed by atoms with Crippen molar-refractivity contribution < 1.29 is 10.2 Å². The van der Waals surface area contributed by atoms with Gasteiger partial charge in [0.1, 0.15) is 0 Å². The number of rotatable bonds is 14. The fourth-order valence-corrected chi connectivity index (χ4v) is 3.98. The third-order valence-electron chi connectivity index (χ3n) is 5.63. The lowest BCUT2D eigenvalue weighted by Gasteiger charge is -2.31. The molecule has 3 atom stereocenters. The predicted octanol–water partition coefficient (Wildman–Crippen LogP) is 5.99. The van der Waals surface area contributed by atoms with Crippen LogP contribution in [0.1, 0.15) is 116 Å². The molecule has 2 heteroatoms. The van der Waals surface area contributed by atoms with Crippen LogP contribution in [0.3, 0.4) is 0 Å². The van der Waals surface area contributed by atoms with E-state index < -0.39 is 12.2 Å². The van der Waals surface area contributed by atoms with E-state index in [9.17, 15) is 10.2 Å². The van der Waals surface area contributed by atoms with E-state index in [-0.39, 0.29) is 0 Å². The fraction of sp³-hybridized carbons (Fsp3) is 1.00. The summed E-state index contributed by atoms with van der Waals surface area (Å²) in [5, 5.41) is 19.7. The molecule has 1 aliphatic carbocycles. The van der Waals surface area contributed by atoms with Crippen molar-refractivity contribution in [3.63, 3.8) is 0 Å². The van der Waals surface area contributed by atoms with Gasteiger partial charge in [-0.3, -0.25) is 0 Å². The van der Waals surface area contributed by atoms with Crippen molar-refractivity contribution in [1.29, 1.82) is 0 Å². The molecule has 138 valence electrons. The Balaban J connectivity index is 1.79. The molecule has 0 saturated heterocycles. The van der Waals surface area contributed by atoms with Gasteiger partial charge in [-0.1, -0.05) is 96.8 Å². The number of hydrogen-bond donors (Lipinski definition) is 2. The van der Waals surface area contributed by atoms with Crippen LogP contribution in [-0.2, 0) is 0 Å². The molecule has 23 heavy (non-hydrogen) atoms. The minimum absolute atomic E-state index is 0.353. The van der Waals surface area contributed by atoms with Gasteiger partial charge in [-0.15, -0.1) is 0 Å². The summed E-state index contributed by atoms with van der Waals surface area (Å²) in [6.45, 7) is 2.28. The van der Waals surface area contributed by atoms with Gasteiger partial charge in [0.25, 0.3) is 0 Å². The van der Waals surface area contributed by atoms with Crippen LogP contribution in [0.5, 0.6) is 0 Å². The van der Waals surface area contributed by atoms with Crippen LogP contribution < -0.4 is 0 Å². The zero-order valence-corrected chi connectivity index (χ0v) is 15.6. The zero-order chi connectivity index (χ0) is 16.8. The van der Waals surface area contributed by atoms with Crippen molar-refractivity contribution >= 4 is 0 Å². The minimum Gasteiger partial charge on any atom is -0.390 e. The van der Waals surface area contributed by atoms with Crippen molar-refractivity contribution in [2.75, 3.05) is 0 Å². The van der Waals surface area contributed by atoms with Gasteiger partial charge in [-0.05, 0) is 25.2 Å². The third kappa shape index (κ3) is 10.4. The first-order chi connectivity index (χ1) is 11.3. The first-order valence-electron chi connectivity index (χ1n) is 10.6. The highest BCUT2D eigenvalue weighted by molar-refractivity contribution is 4.81. The first kappa shape index (κ1) is 21.0. The van der Waals surface area contributed by atoms with Gasteiger partial charge in [0.2, 0.25) is 0 Å². The average Bonchev–Trinajstić information content (AvgIpc) is 2.55. The van der Waals surface area contributed by atoms with Crippen LogP contribution >= 0.6 is 0 Å². The van der Waals surface area contributed by atoms with Crippen molar-refractivity contribution in [3.05, 3.63) is 0 Å². The minimum atomic E-state index is -0.462. The molecule has 0 aromatic rings. The maximum atomic E-state index is 9.98. The van der Waals surface area contributed by atoms with Crippen LogP contribution in [0.4, 0.5) is 0 Å². The Morgan fingerprint density at radius 3 is 1.65 bits per heavy atom. The van der Waals surface area contributed by atoms with E-state index in [2.05, 4.69) is 6.92 Å². The van der Waals surface area contributed by atoms with Gasteiger partial charge in [-0.25, -0.2) is 0 Å². The Kier molecular flexibility index (Phi) is 13.0. The number of aliphatic hydroxyl groups is 2. The number of hydrogen-bond acceptors (Lipinski definition) is 2. The molecular formula is C21H42O2. The predicted molar refractivity (Wildman–Crippen MR) is 99.7 cm³/mol. The summed E-state index contributed by atoms with van der Waals surface area (Å²) in [5.41, 5.74) is 0. The van der Waals surface area contributed by atoms with Gasteiger partial charge >= 0.3 is 0 Å². The van der Waals surface area contributed by atoms with Gasteiger partial charge in [0.15, 0.2) is 0 Å². The smallest absolute Gasteiger partial charge is 0.0827 e. The Labute approximate surface area is 145 Å². The third-order valence-corrected chi connectivity index (χ3v) is 5.63. The zero-order valence-electron chi connectivity index (χ0n) is 15.6. The molecule has 0 radical (unpaired) electrons. The van der Waals surface area contributed by atoms with Crippen LogP contribution in [0.15, 0.2) is 0 Å². The summed E-state index contributed by atoms with van der Waals surface area (Å²) in [4.78, 5) is 0. The summed E-state index contributed by atoms with van der Waals surface area (Å²) in [5.74, 6) is 0.353. The topological polar surface area (TPSA) is 40.5 Å². The maximum absolute atomic E-state index is 9.98. The molecule has 0 aliphatic heterocycles. The second-order valence-corrected chi connectivity index (χ2v) is 7.78. The fourth-order valence-electron chi connectivity index (χ4n) is 3.98. The van der Waals surface area contributed by atoms with E-state index >= 15 is 0 Å². The highest BCUT2D eigenvalue weighted by Gasteiger charge is 2.29. The lowest BCUT2D eigenvalue weighted by molar-refractivity contribution is -0.0472. The summed E-state index contributed by atoms with van der Waals surface area (Å²) < 4.78 is 0. The summed E-state index contributed by atoms with van der Waals surface area (Å²) >= 11 is 0. The quantitative estimate of drug-likeness (QED) is 0.385. The molecule has 0 unspecified atom stereocenters. The summed E-state index contributed by atoms with van der Waals surface area (Å²) in [6, 6.07) is 0. The van der Waals surface area contributed by atoms with E-state index in [1.807, 2.05) is 0 Å². The van der Waals surface area contributed by atoms with Gasteiger partial charge in [-0.2, -0.15) is 0 Å². The van der Waals surface area contributed by atoms with Gasteiger partial charge in [0, 0.05) is 0 Å². The van der Waals surface area contributed by atoms with E-state index in [4.69, 9.17) is 0 Å². The normalized spacial score (nSPS) is 24.9. The number of unbranched alkanes of at least 4 members (excludes halogenated alkanes) is 12. The van der Waals surface area contributed by atoms with E-state index in [1.165, 1.54) is 83.5 Å². The Morgan fingerprint density at radius 1 is 0.652 bits per heavy atom. The molecule has 1 fully saturated rings. The summed E-state index contributed by atoms with van der Waals surface area (Å²) in [6.07, 6.45) is 21.2. The molecule has 1 saturated carbocycles. The lowest BCUT2D eigenvalue weighted by Crippen LogP contribution is -2.37. The SMILES string of the molecule is CCCCCCCCCCCCCCC[C@H]1CCC[C@@H](O)[C@@H]1O. The maximum Gasteiger partial charge on any atom is 0.0827 e. The molecule has 0 aromatic carbocycles. The molecule has 2 nitrogen and oxygen atoms in total. The molecule has 0 aromatic heterocycles. The Bertz CT molecular complexity index is 254. The van der Waals surface area contributed by atoms with Crippen LogP contribution in [0.2, 0.25) is 0 Å². The van der Waals surface area contributed by atoms with Crippen LogP contribution in [0.25, 0.3) is 0 Å². The highest BCUT2D eigenvalue weighted by atomic mass is 16.3. The second-order valence-electron chi connectivity index (χ2n) is 7.78. The summed E-state index contributed by atoms with van der Waals surface area (Å²) in [7, 11) is 0. The van der Waals surface area contributed by atoms with Gasteiger partial charge in [0.05, 0.1) is 12.2 Å². The first-order valence-corrected chi connectivity index (χ1v) is 10.6. The molecular weight excluding hydrogens is 284 g/mol. The van der Waals surface area contributed by atoms with E-state index in [1.54, 1.807) is 0 Å². The van der Waals surface area contributed by atoms with Crippen LogP contribution in [0, 0.1) is 5.92 Å². The largest absolute Gasteiger partial charge is 0.390 e. The molecule has 0 bridgehead atoms. The van der Waals surface area contributed by atoms with E-state index in [0.717, 1.165) is 25.7 Å². The van der Waals surface area contributed by atoms with Crippen molar-refractivity contribution in [3.8, 4) is 0 Å². The Hall–Kier alpha value is -0.0800. The second kappa shape index (κ2) is 14.3. The molecule has 0 spiro atoms. The van der Waals surface area contributed by atoms with Crippen molar-refractivity contribution in [2.24, 2.45) is 5.92 Å². The standard InChI is InChI=1S/C21H42O2/c1-2-3-4-5-6-7-8-9-10-11-12-13-14-16-19-17-15-18-20(22)21(19)23/h19-23H,2-18H2,1H3/t19-,20+,21+/m0/s1. The molecule has 2 N–H and O–H groups in total. The molecule has 1 rings (SSSR count).